The minimum atomic E-state index is -3.27. The summed E-state index contributed by atoms with van der Waals surface area (Å²) < 4.78 is 17.4. The maximum absolute atomic E-state index is 11.9. The van der Waals surface area contributed by atoms with Crippen molar-refractivity contribution in [1.82, 2.24) is 0 Å². The molecule has 1 fully saturated rings. The molecule has 1 aromatic carbocycles. The van der Waals surface area contributed by atoms with Crippen LogP contribution < -0.4 is 0 Å². The summed E-state index contributed by atoms with van der Waals surface area (Å²) in [4.78, 5) is 21.4. The molecule has 0 amide bonds. The molecular formula is C15H21O5P. The zero-order valence-corrected chi connectivity index (χ0v) is 12.8. The first-order chi connectivity index (χ1) is 10.1. The molecule has 1 aliphatic heterocycles. The molecule has 5 nitrogen and oxygen atoms in total. The van der Waals surface area contributed by atoms with Gasteiger partial charge in [0.2, 0.25) is 8.03 Å². The minimum absolute atomic E-state index is 0.153. The van der Waals surface area contributed by atoms with Gasteiger partial charge in [0.25, 0.3) is 0 Å². The first-order valence-electron chi connectivity index (χ1n) is 7.21. The van der Waals surface area contributed by atoms with Crippen LogP contribution in [0.3, 0.4) is 0 Å². The van der Waals surface area contributed by atoms with Crippen LogP contribution in [0.15, 0.2) is 30.3 Å². The highest BCUT2D eigenvalue weighted by atomic mass is 31.1. The maximum atomic E-state index is 11.9. The van der Waals surface area contributed by atoms with Gasteiger partial charge in [-0.3, -0.25) is 9.36 Å². The van der Waals surface area contributed by atoms with Gasteiger partial charge in [-0.2, -0.15) is 0 Å². The van der Waals surface area contributed by atoms with Crippen molar-refractivity contribution in [1.29, 1.82) is 0 Å². The van der Waals surface area contributed by atoms with Crippen molar-refractivity contribution >= 4 is 14.0 Å². The number of benzene rings is 1. The maximum Gasteiger partial charge on any atom is 0.323 e. The fourth-order valence-corrected chi connectivity index (χ4v) is 3.87. The SMILES string of the molecule is O=C(O)C(CCCC1CCCO1)(c1ccccc1)[PH](=O)O. The normalized spacial score (nSPS) is 22.6. The molecule has 0 radical (unpaired) electrons. The van der Waals surface area contributed by atoms with E-state index in [-0.39, 0.29) is 12.5 Å². The number of carboxylic acid groups (broad SMARTS) is 1. The highest BCUT2D eigenvalue weighted by Gasteiger charge is 2.45. The predicted octanol–water partition coefficient (Wildman–Crippen LogP) is 2.78. The van der Waals surface area contributed by atoms with Crippen LogP contribution in [-0.4, -0.2) is 28.7 Å². The Kier molecular flexibility index (Phi) is 5.57. The van der Waals surface area contributed by atoms with E-state index in [9.17, 15) is 19.4 Å². The Bertz CT molecular complexity index is 482. The standard InChI is InChI=1S/C15H21O5P/c16-14(17)15(21(18)19,12-6-2-1-3-7-12)10-4-8-13-9-5-11-20-13/h1-3,6-7,13,21H,4-5,8-11H2,(H,16,17)(H,18,19). The van der Waals surface area contributed by atoms with Gasteiger partial charge in [-0.05, 0) is 37.7 Å². The molecule has 0 aromatic heterocycles. The van der Waals surface area contributed by atoms with Gasteiger partial charge in [0.05, 0.1) is 6.10 Å². The summed E-state index contributed by atoms with van der Waals surface area (Å²) in [6.45, 7) is 0.754. The van der Waals surface area contributed by atoms with Crippen molar-refractivity contribution < 1.29 is 24.1 Å². The molecule has 1 saturated heterocycles. The van der Waals surface area contributed by atoms with E-state index in [4.69, 9.17) is 4.74 Å². The van der Waals surface area contributed by atoms with Crippen molar-refractivity contribution in [2.75, 3.05) is 6.61 Å². The van der Waals surface area contributed by atoms with Crippen LogP contribution in [0.4, 0.5) is 0 Å². The van der Waals surface area contributed by atoms with Crippen LogP contribution >= 0.6 is 8.03 Å². The lowest BCUT2D eigenvalue weighted by Gasteiger charge is -2.27. The van der Waals surface area contributed by atoms with E-state index in [2.05, 4.69) is 0 Å². The van der Waals surface area contributed by atoms with Crippen LogP contribution in [0.2, 0.25) is 0 Å². The summed E-state index contributed by atoms with van der Waals surface area (Å²) in [5, 5.41) is 7.88. The van der Waals surface area contributed by atoms with Crippen molar-refractivity contribution in [3.63, 3.8) is 0 Å². The Morgan fingerprint density at radius 2 is 2.10 bits per heavy atom. The second-order valence-electron chi connectivity index (χ2n) is 5.41. The number of carbonyl (C=O) groups is 1. The molecule has 3 unspecified atom stereocenters. The molecule has 1 aliphatic rings. The molecule has 0 spiro atoms. The summed E-state index contributed by atoms with van der Waals surface area (Å²) in [6, 6.07) is 8.37. The molecule has 1 aromatic rings. The third-order valence-corrected chi connectivity index (χ3v) is 5.58. The number of hydrogen-bond donors (Lipinski definition) is 2. The Morgan fingerprint density at radius 1 is 1.38 bits per heavy atom. The first kappa shape index (κ1) is 16.2. The van der Waals surface area contributed by atoms with Crippen LogP contribution in [-0.2, 0) is 19.3 Å². The summed E-state index contributed by atoms with van der Waals surface area (Å²) in [6.07, 6.45) is 3.62. The molecule has 1 heterocycles. The van der Waals surface area contributed by atoms with E-state index < -0.39 is 19.2 Å². The number of carboxylic acids is 1. The molecule has 0 bridgehead atoms. The third-order valence-electron chi connectivity index (χ3n) is 4.10. The third kappa shape index (κ3) is 3.54. The van der Waals surface area contributed by atoms with Gasteiger partial charge in [-0.25, -0.2) is 0 Å². The molecule has 2 rings (SSSR count). The van der Waals surface area contributed by atoms with Gasteiger partial charge >= 0.3 is 5.97 Å². The van der Waals surface area contributed by atoms with E-state index in [1.54, 1.807) is 30.3 Å². The zero-order chi connectivity index (χ0) is 15.3. The average Bonchev–Trinajstić information content (AvgIpc) is 2.97. The lowest BCUT2D eigenvalue weighted by molar-refractivity contribution is -0.141. The quantitative estimate of drug-likeness (QED) is 0.756. The van der Waals surface area contributed by atoms with Crippen molar-refractivity contribution in [2.45, 2.75) is 43.4 Å². The Morgan fingerprint density at radius 3 is 2.62 bits per heavy atom. The fourth-order valence-electron chi connectivity index (χ4n) is 2.89. The predicted molar refractivity (Wildman–Crippen MR) is 79.8 cm³/mol. The largest absolute Gasteiger partial charge is 0.480 e. The highest BCUT2D eigenvalue weighted by Crippen LogP contribution is 2.48. The fraction of sp³-hybridized carbons (Fsp3) is 0.533. The molecule has 3 atom stereocenters. The lowest BCUT2D eigenvalue weighted by atomic mass is 9.91. The highest BCUT2D eigenvalue weighted by molar-refractivity contribution is 7.41. The monoisotopic (exact) mass is 312 g/mol. The Balaban J connectivity index is 2.15. The second kappa shape index (κ2) is 7.21. The van der Waals surface area contributed by atoms with Gasteiger partial charge in [-0.15, -0.1) is 0 Å². The molecule has 6 heteroatoms. The van der Waals surface area contributed by atoms with E-state index in [0.29, 0.717) is 12.0 Å². The topological polar surface area (TPSA) is 83.8 Å². The van der Waals surface area contributed by atoms with Gasteiger partial charge in [-0.1, -0.05) is 30.3 Å². The number of aliphatic carboxylic acids is 1. The molecular weight excluding hydrogens is 291 g/mol. The summed E-state index contributed by atoms with van der Waals surface area (Å²) >= 11 is 0. The van der Waals surface area contributed by atoms with Gasteiger partial charge < -0.3 is 14.7 Å². The van der Waals surface area contributed by atoms with Crippen molar-refractivity contribution in [2.24, 2.45) is 0 Å². The second-order valence-corrected chi connectivity index (χ2v) is 6.87. The zero-order valence-electron chi connectivity index (χ0n) is 11.8. The molecule has 0 aliphatic carbocycles. The number of ether oxygens (including phenoxy) is 1. The first-order valence-corrected chi connectivity index (χ1v) is 8.57. The van der Waals surface area contributed by atoms with Crippen LogP contribution in [0.5, 0.6) is 0 Å². The Hall–Kier alpha value is -1.16. The average molecular weight is 312 g/mol. The van der Waals surface area contributed by atoms with Crippen LogP contribution in [0, 0.1) is 0 Å². The number of hydrogen-bond acceptors (Lipinski definition) is 3. The molecule has 21 heavy (non-hydrogen) atoms. The summed E-state index contributed by atoms with van der Waals surface area (Å²) in [5.74, 6) is -1.23. The smallest absolute Gasteiger partial charge is 0.323 e. The van der Waals surface area contributed by atoms with Crippen molar-refractivity contribution in [3.05, 3.63) is 35.9 Å². The molecule has 116 valence electrons. The van der Waals surface area contributed by atoms with E-state index in [1.807, 2.05) is 0 Å². The van der Waals surface area contributed by atoms with Gasteiger partial charge in [0.15, 0.2) is 5.16 Å². The van der Waals surface area contributed by atoms with Crippen LogP contribution in [0.1, 0.15) is 37.7 Å². The molecule has 0 saturated carbocycles. The summed E-state index contributed by atoms with van der Waals surface area (Å²) in [5.41, 5.74) is 0.399. The summed E-state index contributed by atoms with van der Waals surface area (Å²) in [7, 11) is -3.27. The lowest BCUT2D eigenvalue weighted by Crippen LogP contribution is -2.32. The molecule has 2 N–H and O–H groups in total. The minimum Gasteiger partial charge on any atom is -0.480 e. The van der Waals surface area contributed by atoms with Crippen LogP contribution in [0.25, 0.3) is 0 Å². The van der Waals surface area contributed by atoms with E-state index >= 15 is 0 Å². The van der Waals surface area contributed by atoms with E-state index in [1.165, 1.54) is 0 Å². The Labute approximate surface area is 124 Å². The van der Waals surface area contributed by atoms with E-state index in [0.717, 1.165) is 25.9 Å². The van der Waals surface area contributed by atoms with Gasteiger partial charge in [0, 0.05) is 6.61 Å². The number of rotatable bonds is 7. The van der Waals surface area contributed by atoms with Gasteiger partial charge in [0.1, 0.15) is 0 Å². The van der Waals surface area contributed by atoms with Crippen molar-refractivity contribution in [3.8, 4) is 0 Å².